The van der Waals surface area contributed by atoms with Gasteiger partial charge in [0.15, 0.2) is 0 Å². The molecule has 0 aliphatic heterocycles. The number of aromatic nitrogens is 1. The van der Waals surface area contributed by atoms with Crippen LogP contribution in [0, 0.1) is 12.3 Å². The second kappa shape index (κ2) is 7.01. The van der Waals surface area contributed by atoms with Crippen LogP contribution in [0.15, 0.2) is 18.3 Å². The molecule has 1 aromatic rings. The predicted molar refractivity (Wildman–Crippen MR) is 68.9 cm³/mol. The van der Waals surface area contributed by atoms with Gasteiger partial charge in [0.1, 0.15) is 17.9 Å². The van der Waals surface area contributed by atoms with Crippen LogP contribution in [0.3, 0.4) is 0 Å². The Morgan fingerprint density at radius 2 is 2.32 bits per heavy atom. The molecule has 100 valence electrons. The first-order valence-corrected chi connectivity index (χ1v) is 5.62. The van der Waals surface area contributed by atoms with Crippen LogP contribution >= 0.6 is 0 Å². The summed E-state index contributed by atoms with van der Waals surface area (Å²) in [5, 5.41) is 8.85. The molecule has 0 saturated heterocycles. The molecule has 1 N–H and O–H groups in total. The van der Waals surface area contributed by atoms with Crippen LogP contribution in [-0.4, -0.2) is 41.7 Å². The van der Waals surface area contributed by atoms with Crippen LogP contribution in [-0.2, 0) is 9.53 Å². The molecule has 1 rings (SSSR count). The van der Waals surface area contributed by atoms with Gasteiger partial charge in [-0.2, -0.15) is 0 Å². The number of carbonyl (C=O) groups is 2. The Morgan fingerprint density at radius 1 is 1.58 bits per heavy atom. The van der Waals surface area contributed by atoms with Gasteiger partial charge >= 0.3 is 11.9 Å². The Kier molecular flexibility index (Phi) is 5.35. The average molecular weight is 262 g/mol. The number of carbonyl (C=O) groups excluding carboxylic acids is 1. The van der Waals surface area contributed by atoms with Crippen molar-refractivity contribution in [2.75, 3.05) is 24.6 Å². The van der Waals surface area contributed by atoms with Gasteiger partial charge in [0.25, 0.3) is 0 Å². The Morgan fingerprint density at radius 3 is 2.89 bits per heavy atom. The van der Waals surface area contributed by atoms with E-state index in [1.807, 2.05) is 0 Å². The van der Waals surface area contributed by atoms with Crippen molar-refractivity contribution in [2.45, 2.75) is 6.92 Å². The minimum Gasteiger partial charge on any atom is -0.480 e. The summed E-state index contributed by atoms with van der Waals surface area (Å²) in [4.78, 5) is 27.9. The highest BCUT2D eigenvalue weighted by Crippen LogP contribution is 2.17. The summed E-state index contributed by atoms with van der Waals surface area (Å²) in [6.45, 7) is 1.61. The van der Waals surface area contributed by atoms with Crippen LogP contribution in [0.2, 0.25) is 0 Å². The lowest BCUT2D eigenvalue weighted by Crippen LogP contribution is -2.32. The van der Waals surface area contributed by atoms with Crippen molar-refractivity contribution >= 4 is 17.8 Å². The number of aliphatic carboxylic acids is 1. The molecule has 0 atom stereocenters. The highest BCUT2D eigenvalue weighted by atomic mass is 16.5. The fourth-order valence-corrected chi connectivity index (χ4v) is 1.50. The van der Waals surface area contributed by atoms with Crippen molar-refractivity contribution in [2.24, 2.45) is 0 Å². The number of anilines is 1. The number of esters is 1. The second-order valence-electron chi connectivity index (χ2n) is 3.55. The minimum absolute atomic E-state index is 0.0374. The largest absolute Gasteiger partial charge is 0.480 e. The van der Waals surface area contributed by atoms with Gasteiger partial charge in [0.05, 0.1) is 13.2 Å². The summed E-state index contributed by atoms with van der Waals surface area (Å²) in [5.74, 6) is 0.933. The summed E-state index contributed by atoms with van der Waals surface area (Å²) < 4.78 is 4.90. The number of rotatable bonds is 6. The van der Waals surface area contributed by atoms with Gasteiger partial charge in [-0.3, -0.25) is 4.79 Å². The number of carboxylic acid groups (broad SMARTS) is 1. The Bertz CT molecular complexity index is 508. The lowest BCUT2D eigenvalue weighted by molar-refractivity contribution is -0.135. The van der Waals surface area contributed by atoms with Crippen molar-refractivity contribution in [3.63, 3.8) is 0 Å². The zero-order valence-corrected chi connectivity index (χ0v) is 10.5. The Hall–Kier alpha value is -2.55. The number of nitrogens with zero attached hydrogens (tertiary/aromatic N) is 2. The fourth-order valence-electron chi connectivity index (χ4n) is 1.50. The third-order valence-corrected chi connectivity index (χ3v) is 2.19. The highest BCUT2D eigenvalue weighted by molar-refractivity contribution is 5.95. The molecule has 0 aromatic carbocycles. The number of pyridine rings is 1. The maximum Gasteiger partial charge on any atom is 0.341 e. The number of ether oxygens (including phenoxy) is 1. The first-order chi connectivity index (χ1) is 9.10. The molecule has 6 nitrogen and oxygen atoms in total. The van der Waals surface area contributed by atoms with Gasteiger partial charge in [-0.1, -0.05) is 5.92 Å². The SMILES string of the molecule is C#CCN(CC(=O)O)c1ncccc1C(=O)OCC. The molecule has 1 heterocycles. The molecule has 0 radical (unpaired) electrons. The highest BCUT2D eigenvalue weighted by Gasteiger charge is 2.19. The molecular formula is C13H14N2O4. The third-order valence-electron chi connectivity index (χ3n) is 2.19. The van der Waals surface area contributed by atoms with E-state index in [9.17, 15) is 9.59 Å². The third kappa shape index (κ3) is 4.00. The van der Waals surface area contributed by atoms with E-state index in [1.54, 1.807) is 13.0 Å². The maximum atomic E-state index is 11.8. The zero-order valence-electron chi connectivity index (χ0n) is 10.5. The monoisotopic (exact) mass is 262 g/mol. The number of hydrogen-bond donors (Lipinski definition) is 1. The van der Waals surface area contributed by atoms with Gasteiger partial charge < -0.3 is 14.7 Å². The number of hydrogen-bond acceptors (Lipinski definition) is 5. The zero-order chi connectivity index (χ0) is 14.3. The minimum atomic E-state index is -1.06. The molecule has 0 spiro atoms. The standard InChI is InChI=1S/C13H14N2O4/c1-3-8-15(9-11(16)17)12-10(6-5-7-14-12)13(18)19-4-2/h1,5-7H,4,8-9H2,2H3,(H,16,17). The normalized spacial score (nSPS) is 9.47. The van der Waals surface area contributed by atoms with Crippen LogP contribution < -0.4 is 4.90 Å². The molecule has 0 aliphatic rings. The van der Waals surface area contributed by atoms with Gasteiger partial charge in [0, 0.05) is 6.20 Å². The summed E-state index contributed by atoms with van der Waals surface area (Å²) in [6, 6.07) is 3.09. The van der Waals surface area contributed by atoms with Crippen LogP contribution in [0.1, 0.15) is 17.3 Å². The van der Waals surface area contributed by atoms with Crippen LogP contribution in [0.4, 0.5) is 5.82 Å². The van der Waals surface area contributed by atoms with Crippen LogP contribution in [0.25, 0.3) is 0 Å². The molecule has 0 aliphatic carbocycles. The number of carboxylic acids is 1. The van der Waals surface area contributed by atoms with Crippen molar-refractivity contribution in [1.29, 1.82) is 0 Å². The molecule has 0 fully saturated rings. The van der Waals surface area contributed by atoms with Gasteiger partial charge in [-0.15, -0.1) is 6.42 Å². The lowest BCUT2D eigenvalue weighted by atomic mass is 10.2. The Labute approximate surface area is 111 Å². The predicted octanol–water partition coefficient (Wildman–Crippen LogP) is 0.782. The van der Waals surface area contributed by atoms with E-state index in [-0.39, 0.29) is 31.1 Å². The average Bonchev–Trinajstić information content (AvgIpc) is 2.38. The first-order valence-electron chi connectivity index (χ1n) is 5.62. The summed E-state index contributed by atoms with van der Waals surface area (Å²) in [7, 11) is 0. The second-order valence-corrected chi connectivity index (χ2v) is 3.55. The molecule has 0 unspecified atom stereocenters. The van der Waals surface area contributed by atoms with E-state index in [4.69, 9.17) is 16.3 Å². The lowest BCUT2D eigenvalue weighted by Gasteiger charge is -2.20. The molecule has 1 aromatic heterocycles. The van der Waals surface area contributed by atoms with E-state index in [1.165, 1.54) is 17.2 Å². The quantitative estimate of drug-likeness (QED) is 0.603. The molecule has 19 heavy (non-hydrogen) atoms. The van der Waals surface area contributed by atoms with Gasteiger partial charge in [-0.05, 0) is 19.1 Å². The smallest absolute Gasteiger partial charge is 0.341 e. The Balaban J connectivity index is 3.12. The van der Waals surface area contributed by atoms with E-state index in [0.29, 0.717) is 0 Å². The topological polar surface area (TPSA) is 79.7 Å². The summed E-state index contributed by atoms with van der Waals surface area (Å²) in [5.41, 5.74) is 0.195. The van der Waals surface area contributed by atoms with Gasteiger partial charge in [-0.25, -0.2) is 9.78 Å². The van der Waals surface area contributed by atoms with E-state index < -0.39 is 11.9 Å². The molecule has 6 heteroatoms. The van der Waals surface area contributed by atoms with E-state index >= 15 is 0 Å². The molecule has 0 bridgehead atoms. The molecular weight excluding hydrogens is 248 g/mol. The van der Waals surface area contributed by atoms with Crippen molar-refractivity contribution < 1.29 is 19.4 Å². The number of terminal acetylenes is 1. The van der Waals surface area contributed by atoms with Crippen molar-refractivity contribution in [3.05, 3.63) is 23.9 Å². The molecule has 0 amide bonds. The van der Waals surface area contributed by atoms with Gasteiger partial charge in [0.2, 0.25) is 0 Å². The summed E-state index contributed by atoms with van der Waals surface area (Å²) in [6.07, 6.45) is 6.66. The van der Waals surface area contributed by atoms with Crippen LogP contribution in [0.5, 0.6) is 0 Å². The van der Waals surface area contributed by atoms with Crippen molar-refractivity contribution in [3.8, 4) is 12.3 Å². The fraction of sp³-hybridized carbons (Fsp3) is 0.308. The first kappa shape index (κ1) is 14.5. The molecule has 0 saturated carbocycles. The van der Waals surface area contributed by atoms with Crippen molar-refractivity contribution in [1.82, 2.24) is 4.98 Å². The van der Waals surface area contributed by atoms with E-state index in [0.717, 1.165) is 0 Å². The maximum absolute atomic E-state index is 11.8. The van der Waals surface area contributed by atoms with E-state index in [2.05, 4.69) is 10.9 Å². The summed E-state index contributed by atoms with van der Waals surface area (Å²) >= 11 is 0.